The zero-order valence-corrected chi connectivity index (χ0v) is 48.2. The molecule has 0 spiro atoms. The van der Waals surface area contributed by atoms with Crippen molar-refractivity contribution >= 4 is 149 Å². The molecule has 17 rings (SSSR count). The first-order chi connectivity index (χ1) is 44.4. The highest BCUT2D eigenvalue weighted by atomic mass is 19.1. The molecule has 13 aromatic rings. The minimum atomic E-state index is -0.530. The molecule has 4 aliphatic heterocycles. The van der Waals surface area contributed by atoms with E-state index in [9.17, 15) is 0 Å². The van der Waals surface area contributed by atoms with Gasteiger partial charge in [-0.2, -0.15) is 0 Å². The minimum Gasteiger partial charge on any atom is -0.310 e. The summed E-state index contributed by atoms with van der Waals surface area (Å²) < 4.78 is 69.6. The first-order valence-corrected chi connectivity index (χ1v) is 30.1. The zero-order chi connectivity index (χ0) is 60.1. The molecule has 0 amide bonds. The monoisotopic (exact) mass is 1170 g/mol. The summed E-state index contributed by atoms with van der Waals surface area (Å²) in [4.78, 5) is 12.4. The van der Waals surface area contributed by atoms with Gasteiger partial charge in [0.15, 0.2) is 0 Å². The molecule has 0 saturated carbocycles. The second-order valence-electron chi connectivity index (χ2n) is 22.9. The molecular formula is C78H50B2F4N6. The van der Waals surface area contributed by atoms with Gasteiger partial charge in [-0.05, 0) is 172 Å². The van der Waals surface area contributed by atoms with Gasteiger partial charge >= 0.3 is 0 Å². The Morgan fingerprint density at radius 1 is 0.200 bits per heavy atom. The standard InChI is InChI=1S/C78H50B2F4N6/c81-61-35-15-21-41-67(61)87-65-39-19-13-33-57(65)79-59-49-60-72(50-71(59)89(69-43-23-17-37-63(69)83)75-47-55(45-73(87)77(75)79)85(51-25-5-1-6-26-51)52-27-7-2-8-28-52)90(70-44-24-18-38-64(70)84)76-48-56(86(53-29-9-3-10-30-53)54-31-11-4-12-32-54)46-74-78(76)80(60)58-34-14-20-40-66(58)88(74)68-42-22-16-36-62(68)82/h1-50H. The number of rotatable bonds is 10. The van der Waals surface area contributed by atoms with E-state index in [1.54, 1.807) is 48.5 Å². The Hall–Kier alpha value is -11.5. The third-order valence-electron chi connectivity index (χ3n) is 18.0. The number of benzene rings is 13. The average molecular weight is 1170 g/mol. The van der Waals surface area contributed by atoms with E-state index in [-0.39, 0.29) is 11.4 Å². The van der Waals surface area contributed by atoms with Gasteiger partial charge in [0, 0.05) is 68.2 Å². The Bertz CT molecular complexity index is 4600. The lowest BCUT2D eigenvalue weighted by Gasteiger charge is -2.47. The van der Waals surface area contributed by atoms with Crippen LogP contribution >= 0.6 is 0 Å². The highest BCUT2D eigenvalue weighted by molar-refractivity contribution is 7.03. The van der Waals surface area contributed by atoms with E-state index in [1.807, 2.05) is 153 Å². The van der Waals surface area contributed by atoms with E-state index in [0.717, 1.165) is 78.3 Å². The molecule has 0 aromatic heterocycles. The Morgan fingerprint density at radius 3 is 0.733 bits per heavy atom. The quantitative estimate of drug-likeness (QED) is 0.0997. The number of para-hydroxylation sites is 10. The van der Waals surface area contributed by atoms with Crippen molar-refractivity contribution in [1.82, 2.24) is 0 Å². The van der Waals surface area contributed by atoms with Crippen LogP contribution in [0.25, 0.3) is 0 Å². The largest absolute Gasteiger partial charge is 0.310 e. The molecule has 90 heavy (non-hydrogen) atoms. The molecule has 0 N–H and O–H groups in total. The SMILES string of the molecule is Fc1ccccc1N1c2ccccc2B2c3cc4c(cc3N(c3ccccc3F)c3cc(N(c5ccccc5)c5ccccc5)cc1c32)N(c1ccccc1F)c1cc(N(c2ccccc2)c2ccccc2)cc2c1B4c1ccccc1N2c1ccccc1F. The van der Waals surface area contributed by atoms with Gasteiger partial charge in [0.25, 0.3) is 13.4 Å². The van der Waals surface area contributed by atoms with E-state index >= 15 is 17.6 Å². The maximum Gasteiger partial charge on any atom is 0.252 e. The van der Waals surface area contributed by atoms with Gasteiger partial charge < -0.3 is 29.4 Å². The van der Waals surface area contributed by atoms with Crippen LogP contribution in [0.15, 0.2) is 303 Å². The molecule has 4 aliphatic rings. The fourth-order valence-corrected chi connectivity index (χ4v) is 14.4. The van der Waals surface area contributed by atoms with E-state index in [1.165, 1.54) is 24.3 Å². The van der Waals surface area contributed by atoms with Gasteiger partial charge in [0.05, 0.1) is 34.1 Å². The van der Waals surface area contributed by atoms with Crippen LogP contribution in [0.2, 0.25) is 0 Å². The molecule has 6 nitrogen and oxygen atoms in total. The summed E-state index contributed by atoms with van der Waals surface area (Å²) in [7, 11) is 0. The highest BCUT2D eigenvalue weighted by Gasteiger charge is 2.49. The van der Waals surface area contributed by atoms with Gasteiger partial charge in [-0.15, -0.1) is 0 Å². The molecule has 0 aliphatic carbocycles. The van der Waals surface area contributed by atoms with Crippen LogP contribution in [0.5, 0.6) is 0 Å². The van der Waals surface area contributed by atoms with Crippen LogP contribution in [0.4, 0.5) is 120 Å². The van der Waals surface area contributed by atoms with E-state index < -0.39 is 36.7 Å². The minimum absolute atomic E-state index is 0.280. The van der Waals surface area contributed by atoms with Crippen LogP contribution in [0, 0.1) is 23.3 Å². The number of fused-ring (bicyclic) bond motifs is 8. The lowest BCUT2D eigenvalue weighted by atomic mass is 9.30. The van der Waals surface area contributed by atoms with Gasteiger partial charge in [-0.1, -0.05) is 164 Å². The van der Waals surface area contributed by atoms with Gasteiger partial charge in [-0.25, -0.2) is 17.6 Å². The van der Waals surface area contributed by atoms with E-state index in [0.29, 0.717) is 45.5 Å². The Kier molecular flexibility index (Phi) is 12.4. The maximum atomic E-state index is 17.7. The summed E-state index contributed by atoms with van der Waals surface area (Å²) in [5, 5.41) is 0. The molecule has 4 heterocycles. The van der Waals surface area contributed by atoms with Crippen molar-refractivity contribution in [2.24, 2.45) is 0 Å². The van der Waals surface area contributed by atoms with Gasteiger partial charge in [0.1, 0.15) is 23.3 Å². The predicted octanol–water partition coefficient (Wildman–Crippen LogP) is 17.3. The van der Waals surface area contributed by atoms with Crippen LogP contribution in [0.1, 0.15) is 0 Å². The summed E-state index contributed by atoms with van der Waals surface area (Å²) in [5.74, 6) is -1.76. The number of hydrogen-bond acceptors (Lipinski definition) is 6. The van der Waals surface area contributed by atoms with Crippen molar-refractivity contribution in [1.29, 1.82) is 0 Å². The fraction of sp³-hybridized carbons (Fsp3) is 0. The molecule has 0 atom stereocenters. The molecule has 0 fully saturated rings. The third kappa shape index (κ3) is 8.21. The first-order valence-electron chi connectivity index (χ1n) is 30.1. The number of halogens is 4. The second-order valence-corrected chi connectivity index (χ2v) is 22.9. The molecule has 0 saturated heterocycles. The summed E-state index contributed by atoms with van der Waals surface area (Å²) in [5.41, 5.74) is 17.0. The third-order valence-corrected chi connectivity index (χ3v) is 18.0. The number of hydrogen-bond donors (Lipinski definition) is 0. The number of nitrogens with zero attached hydrogens (tertiary/aromatic N) is 6. The van der Waals surface area contributed by atoms with Crippen LogP contribution in [-0.4, -0.2) is 13.4 Å². The molecule has 0 radical (unpaired) electrons. The Balaban J connectivity index is 1.01. The van der Waals surface area contributed by atoms with Crippen molar-refractivity contribution in [3.63, 3.8) is 0 Å². The van der Waals surface area contributed by atoms with Crippen LogP contribution in [0.3, 0.4) is 0 Å². The van der Waals surface area contributed by atoms with E-state index in [4.69, 9.17) is 0 Å². The summed E-state index contributed by atoms with van der Waals surface area (Å²) >= 11 is 0. The second kappa shape index (κ2) is 21.1. The van der Waals surface area contributed by atoms with Crippen molar-refractivity contribution in [2.45, 2.75) is 0 Å². The van der Waals surface area contributed by atoms with Crippen molar-refractivity contribution < 1.29 is 17.6 Å². The molecule has 13 aromatic carbocycles. The summed E-state index contributed by atoms with van der Waals surface area (Å²) in [6, 6.07) is 97.1. The van der Waals surface area contributed by atoms with E-state index in [2.05, 4.69) is 107 Å². The van der Waals surface area contributed by atoms with Crippen LogP contribution in [-0.2, 0) is 0 Å². The van der Waals surface area contributed by atoms with Gasteiger partial charge in [-0.3, -0.25) is 0 Å². The van der Waals surface area contributed by atoms with Crippen LogP contribution < -0.4 is 62.2 Å². The lowest BCUT2D eigenvalue weighted by molar-refractivity contribution is 0.628. The molecule has 0 unspecified atom stereocenters. The summed E-state index contributed by atoms with van der Waals surface area (Å²) in [6.45, 7) is -1.06. The first kappa shape index (κ1) is 52.8. The van der Waals surface area contributed by atoms with Crippen molar-refractivity contribution in [3.8, 4) is 0 Å². The average Bonchev–Trinajstić information content (AvgIpc) is 0.712. The molecule has 426 valence electrons. The smallest absolute Gasteiger partial charge is 0.252 e. The Morgan fingerprint density at radius 2 is 0.444 bits per heavy atom. The zero-order valence-electron chi connectivity index (χ0n) is 48.2. The normalized spacial score (nSPS) is 13.0. The highest BCUT2D eigenvalue weighted by Crippen LogP contribution is 2.53. The predicted molar refractivity (Wildman–Crippen MR) is 364 cm³/mol. The fourth-order valence-electron chi connectivity index (χ4n) is 14.4. The van der Waals surface area contributed by atoms with Crippen molar-refractivity contribution in [2.75, 3.05) is 29.4 Å². The number of anilines is 18. The van der Waals surface area contributed by atoms with Gasteiger partial charge in [0.2, 0.25) is 0 Å². The maximum absolute atomic E-state index is 17.7. The van der Waals surface area contributed by atoms with Crippen molar-refractivity contribution in [3.05, 3.63) is 327 Å². The lowest BCUT2D eigenvalue weighted by Crippen LogP contribution is -2.65. The molecule has 12 heteroatoms. The molecular weight excluding hydrogens is 1120 g/mol. The Labute approximate surface area is 519 Å². The molecule has 0 bridgehead atoms. The summed E-state index contributed by atoms with van der Waals surface area (Å²) in [6.07, 6.45) is 0. The topological polar surface area (TPSA) is 19.4 Å².